The van der Waals surface area contributed by atoms with Crippen LogP contribution in [-0.4, -0.2) is 62.5 Å². The largest absolute Gasteiger partial charge is 0.455 e. The van der Waals surface area contributed by atoms with E-state index >= 15 is 4.39 Å². The predicted molar refractivity (Wildman–Crippen MR) is 157 cm³/mol. The number of amides is 1. The second-order valence-corrected chi connectivity index (χ2v) is 10.9. The van der Waals surface area contributed by atoms with Crippen molar-refractivity contribution in [1.29, 1.82) is 0 Å². The maximum absolute atomic E-state index is 15.3. The number of halogens is 1. The second-order valence-electron chi connectivity index (χ2n) is 10.9. The first kappa shape index (κ1) is 31.0. The summed E-state index contributed by atoms with van der Waals surface area (Å²) in [5.74, 6) is -1.51. The lowest BCUT2D eigenvalue weighted by Gasteiger charge is -2.32. The third kappa shape index (κ3) is 6.69. The van der Waals surface area contributed by atoms with Gasteiger partial charge in [0.25, 0.3) is 5.56 Å². The van der Waals surface area contributed by atoms with E-state index in [-0.39, 0.29) is 48.8 Å². The summed E-state index contributed by atoms with van der Waals surface area (Å²) in [7, 11) is 0. The Morgan fingerprint density at radius 2 is 1.75 bits per heavy atom. The zero-order valence-corrected chi connectivity index (χ0v) is 24.6. The van der Waals surface area contributed by atoms with Crippen LogP contribution < -0.4 is 10.9 Å². The summed E-state index contributed by atoms with van der Waals surface area (Å²) in [6.45, 7) is 3.55. The fourth-order valence-electron chi connectivity index (χ4n) is 4.97. The van der Waals surface area contributed by atoms with Gasteiger partial charge < -0.3 is 18.9 Å². The molecule has 1 fully saturated rings. The lowest BCUT2D eigenvalue weighted by atomic mass is 9.96. The first-order valence-electron chi connectivity index (χ1n) is 14.2. The molecule has 2 aromatic carbocycles. The molecule has 1 amide bonds. The summed E-state index contributed by atoms with van der Waals surface area (Å²) in [6, 6.07) is 18.6. The van der Waals surface area contributed by atoms with Crippen LogP contribution in [0.15, 0.2) is 71.8 Å². The average molecular weight is 608 g/mol. The van der Waals surface area contributed by atoms with Crippen molar-refractivity contribution in [3.05, 3.63) is 88.5 Å². The number of hydrogen-bond donors (Lipinski definition) is 2. The van der Waals surface area contributed by atoms with Gasteiger partial charge in [-0.3, -0.25) is 29.3 Å². The second kappa shape index (κ2) is 13.5. The molecule has 1 aliphatic rings. The Kier molecular flexibility index (Phi) is 9.47. The Bertz CT molecular complexity index is 1650. The van der Waals surface area contributed by atoms with Crippen LogP contribution in [0.1, 0.15) is 38.1 Å². The van der Waals surface area contributed by atoms with Crippen LogP contribution in [0.2, 0.25) is 0 Å². The van der Waals surface area contributed by atoms with Crippen molar-refractivity contribution >= 4 is 29.0 Å². The summed E-state index contributed by atoms with van der Waals surface area (Å²) >= 11 is 0. The molecule has 5 rings (SSSR count). The number of rotatable bonds is 12. The molecule has 12 nitrogen and oxygen atoms in total. The number of esters is 1. The summed E-state index contributed by atoms with van der Waals surface area (Å²) in [4.78, 5) is 48.7. The zero-order valence-electron chi connectivity index (χ0n) is 24.6. The molecule has 0 aliphatic carbocycles. The van der Waals surface area contributed by atoms with Crippen LogP contribution in [0, 0.1) is 5.92 Å². The first-order chi connectivity index (χ1) is 21.2. The van der Waals surface area contributed by atoms with E-state index in [1.807, 2.05) is 60.7 Å². The molecular formula is C31H34FN5O7. The third-order valence-electron chi connectivity index (χ3n) is 7.18. The smallest absolute Gasteiger partial charge is 0.303 e. The number of nitrogens with zero attached hydrogens (tertiary/aromatic N) is 3. The van der Waals surface area contributed by atoms with E-state index in [2.05, 4.69) is 20.3 Å². The van der Waals surface area contributed by atoms with E-state index in [0.717, 1.165) is 11.1 Å². The summed E-state index contributed by atoms with van der Waals surface area (Å²) < 4.78 is 41.0. The Morgan fingerprint density at radius 3 is 2.36 bits per heavy atom. The zero-order chi connectivity index (χ0) is 31.3. The van der Waals surface area contributed by atoms with Crippen molar-refractivity contribution in [2.75, 3.05) is 18.6 Å². The Hall–Kier alpha value is -4.46. The number of nitrogens with one attached hydrogen (secondary N) is 2. The molecule has 13 heteroatoms. The highest BCUT2D eigenvalue weighted by atomic mass is 19.1. The summed E-state index contributed by atoms with van der Waals surface area (Å²) in [5.41, 5.74) is -0.693. The van der Waals surface area contributed by atoms with Gasteiger partial charge >= 0.3 is 5.97 Å². The highest BCUT2D eigenvalue weighted by Crippen LogP contribution is 2.43. The van der Waals surface area contributed by atoms with E-state index < -0.39 is 42.2 Å². The fraction of sp³-hybridized carbons (Fsp3) is 0.387. The molecule has 4 atom stereocenters. The standard InChI is InChI=1S/C31H34FN5O7/c1-19(2)27(39)35-30-34-26-23(28(40)36-30)33-18-37(26)29-24(43-20(3)38)25(42-15-22-12-8-5-9-13-22)31(16-32,44-29)17-41-14-21-10-6-4-7-11-21/h4-13,18-19,24-25,29H,14-17H2,1-3H3,(H2,34,35,36,39,40)/t24-,25+,29-,31-/m1/s1. The van der Waals surface area contributed by atoms with Gasteiger partial charge in [0, 0.05) is 12.8 Å². The maximum Gasteiger partial charge on any atom is 0.303 e. The van der Waals surface area contributed by atoms with Crippen molar-refractivity contribution in [2.24, 2.45) is 5.92 Å². The Balaban J connectivity index is 1.54. The number of carbonyl (C=O) groups is 2. The predicted octanol–water partition coefficient (Wildman–Crippen LogP) is 3.69. The molecule has 0 spiro atoms. The number of H-pyrrole nitrogens is 1. The number of imidazole rings is 1. The molecule has 0 bridgehead atoms. The fourth-order valence-corrected chi connectivity index (χ4v) is 4.97. The van der Waals surface area contributed by atoms with Gasteiger partial charge in [-0.05, 0) is 11.1 Å². The van der Waals surface area contributed by atoms with Gasteiger partial charge in [-0.2, -0.15) is 4.98 Å². The van der Waals surface area contributed by atoms with Crippen molar-refractivity contribution in [3.8, 4) is 0 Å². The van der Waals surface area contributed by atoms with E-state index in [9.17, 15) is 14.4 Å². The highest BCUT2D eigenvalue weighted by Gasteiger charge is 2.59. The molecule has 3 heterocycles. The topological polar surface area (TPSA) is 147 Å². The van der Waals surface area contributed by atoms with Gasteiger partial charge in [0.2, 0.25) is 11.9 Å². The van der Waals surface area contributed by atoms with Crippen molar-refractivity contribution in [1.82, 2.24) is 19.5 Å². The van der Waals surface area contributed by atoms with Gasteiger partial charge in [-0.25, -0.2) is 9.37 Å². The number of hydrogen-bond acceptors (Lipinski definition) is 9. The molecule has 2 N–H and O–H groups in total. The minimum Gasteiger partial charge on any atom is -0.455 e. The number of anilines is 1. The normalized spacial score (nSPS) is 21.5. The van der Waals surface area contributed by atoms with E-state index in [4.69, 9.17) is 18.9 Å². The number of fused-ring (bicyclic) bond motifs is 1. The highest BCUT2D eigenvalue weighted by molar-refractivity contribution is 5.91. The molecule has 2 aromatic heterocycles. The molecule has 0 radical (unpaired) electrons. The summed E-state index contributed by atoms with van der Waals surface area (Å²) in [5, 5.41) is 2.57. The molecule has 1 aliphatic heterocycles. The molecule has 1 saturated heterocycles. The minimum atomic E-state index is -1.72. The number of ether oxygens (including phenoxy) is 4. The van der Waals surface area contributed by atoms with E-state index in [0.29, 0.717) is 0 Å². The minimum absolute atomic E-state index is 0.0247. The van der Waals surface area contributed by atoms with Crippen LogP contribution in [-0.2, 0) is 41.8 Å². The van der Waals surface area contributed by atoms with Gasteiger partial charge in [-0.15, -0.1) is 0 Å². The molecule has 4 aromatic rings. The number of aromatic amines is 1. The molecule has 0 unspecified atom stereocenters. The van der Waals surface area contributed by atoms with Gasteiger partial charge in [0.05, 0.1) is 26.1 Å². The van der Waals surface area contributed by atoms with Crippen LogP contribution in [0.25, 0.3) is 11.2 Å². The van der Waals surface area contributed by atoms with Gasteiger partial charge in [0.1, 0.15) is 12.8 Å². The van der Waals surface area contributed by atoms with E-state index in [1.165, 1.54) is 17.8 Å². The lowest BCUT2D eigenvalue weighted by Crippen LogP contribution is -2.51. The van der Waals surface area contributed by atoms with Crippen LogP contribution in [0.5, 0.6) is 0 Å². The molecule has 0 saturated carbocycles. The Morgan fingerprint density at radius 1 is 1.09 bits per heavy atom. The van der Waals surface area contributed by atoms with Crippen molar-refractivity contribution in [3.63, 3.8) is 0 Å². The van der Waals surface area contributed by atoms with Crippen LogP contribution >= 0.6 is 0 Å². The molecular weight excluding hydrogens is 573 g/mol. The summed E-state index contributed by atoms with van der Waals surface area (Å²) in [6.07, 6.45) is -2.27. The maximum atomic E-state index is 15.3. The van der Waals surface area contributed by atoms with Gasteiger partial charge in [0.15, 0.2) is 29.1 Å². The third-order valence-corrected chi connectivity index (χ3v) is 7.18. The van der Waals surface area contributed by atoms with E-state index in [1.54, 1.807) is 13.8 Å². The van der Waals surface area contributed by atoms with Crippen molar-refractivity contribution in [2.45, 2.75) is 58.0 Å². The first-order valence-corrected chi connectivity index (χ1v) is 14.2. The Labute approximate surface area is 252 Å². The monoisotopic (exact) mass is 607 g/mol. The average Bonchev–Trinajstić information content (AvgIpc) is 3.56. The molecule has 44 heavy (non-hydrogen) atoms. The quantitative estimate of drug-likeness (QED) is 0.230. The van der Waals surface area contributed by atoms with Gasteiger partial charge in [-0.1, -0.05) is 74.5 Å². The SMILES string of the molecule is CC(=O)O[C@H]1[C@H](n2cnc3c(=O)[nH]c(NC(=O)C(C)C)nc32)O[C@](CF)(COCc2ccccc2)[C@H]1OCc1ccccc1. The number of carbonyl (C=O) groups excluding carboxylic acids is 2. The molecule has 232 valence electrons. The number of alkyl halides is 1. The van der Waals surface area contributed by atoms with Crippen LogP contribution in [0.4, 0.5) is 10.3 Å². The van der Waals surface area contributed by atoms with Crippen molar-refractivity contribution < 1.29 is 32.9 Å². The number of aromatic nitrogens is 4. The lowest BCUT2D eigenvalue weighted by molar-refractivity contribution is -0.165. The van der Waals surface area contributed by atoms with Crippen LogP contribution in [0.3, 0.4) is 0 Å². The number of benzene rings is 2.